The SMILES string of the molecule is Cc1cccc2c1cc(COC(C)C)n2C(C)C. The summed E-state index contributed by atoms with van der Waals surface area (Å²) < 4.78 is 8.15. The van der Waals surface area contributed by atoms with E-state index in [1.807, 2.05) is 0 Å². The van der Waals surface area contributed by atoms with E-state index in [2.05, 4.69) is 63.5 Å². The number of hydrogen-bond donors (Lipinski definition) is 0. The predicted octanol–water partition coefficient (Wildman–Crippen LogP) is 4.46. The van der Waals surface area contributed by atoms with Gasteiger partial charge in [0.25, 0.3) is 0 Å². The van der Waals surface area contributed by atoms with Crippen LogP contribution in [-0.4, -0.2) is 10.7 Å². The average molecular weight is 245 g/mol. The maximum atomic E-state index is 5.77. The van der Waals surface area contributed by atoms with Crippen LogP contribution in [0.3, 0.4) is 0 Å². The van der Waals surface area contributed by atoms with E-state index in [0.717, 1.165) is 0 Å². The molecule has 2 rings (SSSR count). The molecular formula is C16H23NO. The highest BCUT2D eigenvalue weighted by atomic mass is 16.5. The van der Waals surface area contributed by atoms with Gasteiger partial charge in [0.1, 0.15) is 0 Å². The van der Waals surface area contributed by atoms with Gasteiger partial charge < -0.3 is 9.30 Å². The second kappa shape index (κ2) is 5.15. The third-order valence-electron chi connectivity index (χ3n) is 3.26. The third-order valence-corrected chi connectivity index (χ3v) is 3.26. The maximum absolute atomic E-state index is 5.77. The Morgan fingerprint density at radius 1 is 1.17 bits per heavy atom. The van der Waals surface area contributed by atoms with E-state index in [9.17, 15) is 0 Å². The van der Waals surface area contributed by atoms with Crippen molar-refractivity contribution in [3.63, 3.8) is 0 Å². The molecule has 0 spiro atoms. The number of nitrogens with zero attached hydrogens (tertiary/aromatic N) is 1. The monoisotopic (exact) mass is 245 g/mol. The summed E-state index contributed by atoms with van der Waals surface area (Å²) in [4.78, 5) is 0. The lowest BCUT2D eigenvalue weighted by Gasteiger charge is -2.16. The van der Waals surface area contributed by atoms with Crippen LogP contribution in [0, 0.1) is 6.92 Å². The van der Waals surface area contributed by atoms with Gasteiger partial charge in [-0.25, -0.2) is 0 Å². The van der Waals surface area contributed by atoms with Gasteiger partial charge in [-0.3, -0.25) is 0 Å². The normalized spacial score (nSPS) is 11.9. The van der Waals surface area contributed by atoms with Gasteiger partial charge in [0, 0.05) is 22.6 Å². The quantitative estimate of drug-likeness (QED) is 0.776. The minimum Gasteiger partial charge on any atom is -0.373 e. The fourth-order valence-electron chi connectivity index (χ4n) is 2.43. The van der Waals surface area contributed by atoms with Gasteiger partial charge in [0.05, 0.1) is 12.7 Å². The van der Waals surface area contributed by atoms with Crippen LogP contribution in [0.5, 0.6) is 0 Å². The highest BCUT2D eigenvalue weighted by molar-refractivity contribution is 5.84. The lowest BCUT2D eigenvalue weighted by Crippen LogP contribution is -2.09. The molecule has 0 saturated carbocycles. The van der Waals surface area contributed by atoms with E-state index in [-0.39, 0.29) is 6.10 Å². The molecule has 0 aliphatic heterocycles. The minimum absolute atomic E-state index is 0.268. The zero-order chi connectivity index (χ0) is 13.3. The smallest absolute Gasteiger partial charge is 0.0871 e. The molecular weight excluding hydrogens is 222 g/mol. The van der Waals surface area contributed by atoms with E-state index in [1.165, 1.54) is 22.2 Å². The Morgan fingerprint density at radius 2 is 1.89 bits per heavy atom. The van der Waals surface area contributed by atoms with Crippen molar-refractivity contribution in [1.82, 2.24) is 4.57 Å². The van der Waals surface area contributed by atoms with Crippen LogP contribution in [0.2, 0.25) is 0 Å². The van der Waals surface area contributed by atoms with E-state index in [4.69, 9.17) is 4.74 Å². The summed E-state index contributed by atoms with van der Waals surface area (Å²) in [5, 5.41) is 1.34. The molecule has 0 aliphatic carbocycles. The van der Waals surface area contributed by atoms with Crippen LogP contribution in [-0.2, 0) is 11.3 Å². The van der Waals surface area contributed by atoms with E-state index in [1.54, 1.807) is 0 Å². The standard InChI is InChI=1S/C16H23NO/c1-11(2)17-14(10-18-12(3)4)9-15-13(5)7-6-8-16(15)17/h6-9,11-12H,10H2,1-5H3. The number of ether oxygens (including phenoxy) is 1. The van der Waals surface area contributed by atoms with Crippen LogP contribution < -0.4 is 0 Å². The molecule has 0 unspecified atom stereocenters. The maximum Gasteiger partial charge on any atom is 0.0871 e. The van der Waals surface area contributed by atoms with Crippen molar-refractivity contribution >= 4 is 10.9 Å². The molecule has 0 aliphatic rings. The summed E-state index contributed by atoms with van der Waals surface area (Å²) in [5.74, 6) is 0. The Hall–Kier alpha value is -1.28. The molecule has 2 nitrogen and oxygen atoms in total. The molecule has 2 aromatic rings. The summed E-state index contributed by atoms with van der Waals surface area (Å²) in [6.07, 6.45) is 0.268. The molecule has 1 heterocycles. The Bertz CT molecular complexity index is 537. The van der Waals surface area contributed by atoms with Gasteiger partial charge in [0.15, 0.2) is 0 Å². The van der Waals surface area contributed by atoms with Crippen LogP contribution in [0.4, 0.5) is 0 Å². The van der Waals surface area contributed by atoms with E-state index >= 15 is 0 Å². The van der Waals surface area contributed by atoms with E-state index < -0.39 is 0 Å². The number of aromatic nitrogens is 1. The molecule has 18 heavy (non-hydrogen) atoms. The topological polar surface area (TPSA) is 14.2 Å². The molecule has 0 amide bonds. The van der Waals surface area contributed by atoms with Gasteiger partial charge in [-0.2, -0.15) is 0 Å². The van der Waals surface area contributed by atoms with Crippen LogP contribution in [0.15, 0.2) is 24.3 Å². The largest absolute Gasteiger partial charge is 0.373 e. The fourth-order valence-corrected chi connectivity index (χ4v) is 2.43. The minimum atomic E-state index is 0.268. The lowest BCUT2D eigenvalue weighted by atomic mass is 10.1. The van der Waals surface area contributed by atoms with Gasteiger partial charge in [0.2, 0.25) is 0 Å². The van der Waals surface area contributed by atoms with Gasteiger partial charge in [-0.1, -0.05) is 12.1 Å². The van der Waals surface area contributed by atoms with Gasteiger partial charge >= 0.3 is 0 Å². The Kier molecular flexibility index (Phi) is 3.76. The molecule has 98 valence electrons. The first kappa shape index (κ1) is 13.2. The second-order valence-electron chi connectivity index (χ2n) is 5.47. The molecule has 0 N–H and O–H groups in total. The van der Waals surface area contributed by atoms with Gasteiger partial charge in [-0.05, 0) is 52.3 Å². The van der Waals surface area contributed by atoms with Crippen molar-refractivity contribution in [3.05, 3.63) is 35.5 Å². The Balaban J connectivity index is 2.51. The van der Waals surface area contributed by atoms with Crippen molar-refractivity contribution in [2.75, 3.05) is 0 Å². The Labute approximate surface area is 110 Å². The highest BCUT2D eigenvalue weighted by Gasteiger charge is 2.12. The number of aryl methyl sites for hydroxylation is 1. The van der Waals surface area contributed by atoms with Crippen molar-refractivity contribution in [2.45, 2.75) is 53.4 Å². The second-order valence-corrected chi connectivity index (χ2v) is 5.47. The zero-order valence-electron chi connectivity index (χ0n) is 12.0. The average Bonchev–Trinajstić information content (AvgIpc) is 2.66. The first-order chi connectivity index (χ1) is 8.50. The summed E-state index contributed by atoms with van der Waals surface area (Å²) in [7, 11) is 0. The first-order valence-electron chi connectivity index (χ1n) is 6.71. The fraction of sp³-hybridized carbons (Fsp3) is 0.500. The van der Waals surface area contributed by atoms with Crippen molar-refractivity contribution in [3.8, 4) is 0 Å². The zero-order valence-corrected chi connectivity index (χ0v) is 12.0. The summed E-state index contributed by atoms with van der Waals surface area (Å²) in [5.41, 5.74) is 3.91. The number of fused-ring (bicyclic) bond motifs is 1. The molecule has 1 aromatic heterocycles. The molecule has 0 bridgehead atoms. The number of rotatable bonds is 4. The summed E-state index contributed by atoms with van der Waals surface area (Å²) in [6.45, 7) is 11.5. The third kappa shape index (κ3) is 2.44. The molecule has 0 fully saturated rings. The van der Waals surface area contributed by atoms with Crippen molar-refractivity contribution in [2.24, 2.45) is 0 Å². The number of hydrogen-bond acceptors (Lipinski definition) is 1. The summed E-state index contributed by atoms with van der Waals surface area (Å²) in [6, 6.07) is 9.22. The molecule has 0 saturated heterocycles. The molecule has 1 aromatic carbocycles. The first-order valence-corrected chi connectivity index (χ1v) is 6.71. The molecule has 0 radical (unpaired) electrons. The Morgan fingerprint density at radius 3 is 2.50 bits per heavy atom. The van der Waals surface area contributed by atoms with Crippen molar-refractivity contribution < 1.29 is 4.74 Å². The van der Waals surface area contributed by atoms with Crippen molar-refractivity contribution in [1.29, 1.82) is 0 Å². The highest BCUT2D eigenvalue weighted by Crippen LogP contribution is 2.27. The number of benzene rings is 1. The van der Waals surface area contributed by atoms with E-state index in [0.29, 0.717) is 12.6 Å². The van der Waals surface area contributed by atoms with Gasteiger partial charge in [-0.15, -0.1) is 0 Å². The lowest BCUT2D eigenvalue weighted by molar-refractivity contribution is 0.0615. The van der Waals surface area contributed by atoms with Crippen LogP contribution >= 0.6 is 0 Å². The predicted molar refractivity (Wildman–Crippen MR) is 77.0 cm³/mol. The van der Waals surface area contributed by atoms with Crippen LogP contribution in [0.1, 0.15) is 45.0 Å². The molecule has 2 heteroatoms. The summed E-state index contributed by atoms with van der Waals surface area (Å²) >= 11 is 0. The molecule has 0 atom stereocenters. The van der Waals surface area contributed by atoms with Crippen LogP contribution in [0.25, 0.3) is 10.9 Å².